The predicted molar refractivity (Wildman–Crippen MR) is 100 cm³/mol. The molecule has 1 fully saturated rings. The van der Waals surface area contributed by atoms with E-state index in [0.29, 0.717) is 0 Å². The highest BCUT2D eigenvalue weighted by Crippen LogP contribution is 2.21. The SMILES string of the molecule is CC(C)(C)C(=O)N1CCN(c2ccc(Nc3ccccc3)nn2)CC1. The molecule has 6 nitrogen and oxygen atoms in total. The van der Waals surface area contributed by atoms with Gasteiger partial charge in [-0.1, -0.05) is 39.0 Å². The molecule has 1 aliphatic rings. The third kappa shape index (κ3) is 4.26. The summed E-state index contributed by atoms with van der Waals surface area (Å²) in [5.41, 5.74) is 0.658. The normalized spacial score (nSPS) is 15.2. The summed E-state index contributed by atoms with van der Waals surface area (Å²) in [7, 11) is 0. The van der Waals surface area contributed by atoms with Crippen molar-refractivity contribution in [2.24, 2.45) is 5.41 Å². The number of anilines is 3. The molecular weight excluding hydrogens is 314 g/mol. The summed E-state index contributed by atoms with van der Waals surface area (Å²) in [6, 6.07) is 13.8. The van der Waals surface area contributed by atoms with Gasteiger partial charge < -0.3 is 15.1 Å². The quantitative estimate of drug-likeness (QED) is 0.932. The number of carbonyl (C=O) groups is 1. The first kappa shape index (κ1) is 17.2. The van der Waals surface area contributed by atoms with E-state index in [9.17, 15) is 4.79 Å². The van der Waals surface area contributed by atoms with E-state index in [4.69, 9.17) is 0 Å². The molecule has 0 unspecified atom stereocenters. The summed E-state index contributed by atoms with van der Waals surface area (Å²) in [6.07, 6.45) is 0. The minimum Gasteiger partial charge on any atom is -0.352 e. The van der Waals surface area contributed by atoms with Crippen LogP contribution >= 0.6 is 0 Å². The fourth-order valence-corrected chi connectivity index (χ4v) is 2.84. The molecule has 6 heteroatoms. The molecule has 3 rings (SSSR count). The number of rotatable bonds is 3. The Kier molecular flexibility index (Phi) is 4.88. The highest BCUT2D eigenvalue weighted by molar-refractivity contribution is 5.81. The predicted octanol–water partition coefficient (Wildman–Crippen LogP) is 2.91. The van der Waals surface area contributed by atoms with E-state index < -0.39 is 0 Å². The topological polar surface area (TPSA) is 61.4 Å². The minimum absolute atomic E-state index is 0.209. The van der Waals surface area contributed by atoms with Crippen LogP contribution in [0.25, 0.3) is 0 Å². The Morgan fingerprint density at radius 1 is 0.960 bits per heavy atom. The maximum atomic E-state index is 12.4. The van der Waals surface area contributed by atoms with Crippen LogP contribution in [0.2, 0.25) is 0 Å². The van der Waals surface area contributed by atoms with Gasteiger partial charge in [0.15, 0.2) is 11.6 Å². The van der Waals surface area contributed by atoms with Gasteiger partial charge in [-0.25, -0.2) is 0 Å². The third-order valence-electron chi connectivity index (χ3n) is 4.23. The lowest BCUT2D eigenvalue weighted by Crippen LogP contribution is -2.51. The van der Waals surface area contributed by atoms with Gasteiger partial charge >= 0.3 is 0 Å². The fraction of sp³-hybridized carbons (Fsp3) is 0.421. The van der Waals surface area contributed by atoms with E-state index in [2.05, 4.69) is 20.4 Å². The van der Waals surface area contributed by atoms with E-state index in [1.165, 1.54) is 0 Å². The molecule has 1 saturated heterocycles. The summed E-state index contributed by atoms with van der Waals surface area (Å²) < 4.78 is 0. The number of hydrogen-bond acceptors (Lipinski definition) is 5. The van der Waals surface area contributed by atoms with Crippen molar-refractivity contribution >= 4 is 23.2 Å². The van der Waals surface area contributed by atoms with E-state index in [-0.39, 0.29) is 11.3 Å². The monoisotopic (exact) mass is 339 g/mol. The molecule has 132 valence electrons. The largest absolute Gasteiger partial charge is 0.352 e. The number of hydrogen-bond donors (Lipinski definition) is 1. The molecule has 2 aromatic rings. The first-order valence-electron chi connectivity index (χ1n) is 8.63. The Bertz CT molecular complexity index is 701. The van der Waals surface area contributed by atoms with Gasteiger partial charge in [0.2, 0.25) is 5.91 Å². The van der Waals surface area contributed by atoms with Gasteiger partial charge in [0.25, 0.3) is 0 Å². The molecule has 2 heterocycles. The summed E-state index contributed by atoms with van der Waals surface area (Å²) in [6.45, 7) is 8.90. The molecule has 1 N–H and O–H groups in total. The van der Waals surface area contributed by atoms with Gasteiger partial charge in [0, 0.05) is 37.3 Å². The molecule has 1 amide bonds. The number of benzene rings is 1. The van der Waals surface area contributed by atoms with Crippen LogP contribution in [-0.2, 0) is 4.79 Å². The second-order valence-electron chi connectivity index (χ2n) is 7.30. The summed E-state index contributed by atoms with van der Waals surface area (Å²) in [5.74, 6) is 1.78. The maximum absolute atomic E-state index is 12.4. The van der Waals surface area contributed by atoms with Gasteiger partial charge in [-0.05, 0) is 24.3 Å². The highest BCUT2D eigenvalue weighted by atomic mass is 16.2. The Labute approximate surface area is 148 Å². The standard InChI is InChI=1S/C19H25N5O/c1-19(2,3)18(25)24-13-11-23(12-14-24)17-10-9-16(21-22-17)20-15-7-5-4-6-8-15/h4-10H,11-14H2,1-3H3,(H,20,21). The Balaban J connectivity index is 1.58. The third-order valence-corrected chi connectivity index (χ3v) is 4.23. The van der Waals surface area contributed by atoms with Crippen molar-refractivity contribution in [3.63, 3.8) is 0 Å². The van der Waals surface area contributed by atoms with Crippen LogP contribution in [0.4, 0.5) is 17.3 Å². The van der Waals surface area contributed by atoms with E-state index in [0.717, 1.165) is 43.5 Å². The Hall–Kier alpha value is -2.63. The van der Waals surface area contributed by atoms with Crippen molar-refractivity contribution in [2.75, 3.05) is 36.4 Å². The molecule has 0 saturated carbocycles. The van der Waals surface area contributed by atoms with Crippen LogP contribution in [0, 0.1) is 5.41 Å². The first-order chi connectivity index (χ1) is 11.9. The molecule has 0 atom stereocenters. The molecule has 0 spiro atoms. The molecule has 0 bridgehead atoms. The van der Waals surface area contributed by atoms with Crippen molar-refractivity contribution in [2.45, 2.75) is 20.8 Å². The van der Waals surface area contributed by atoms with E-state index in [1.54, 1.807) is 0 Å². The van der Waals surface area contributed by atoms with Crippen molar-refractivity contribution in [1.82, 2.24) is 15.1 Å². The van der Waals surface area contributed by atoms with Crippen LogP contribution < -0.4 is 10.2 Å². The van der Waals surface area contributed by atoms with E-state index >= 15 is 0 Å². The number of para-hydroxylation sites is 1. The molecule has 0 radical (unpaired) electrons. The lowest BCUT2D eigenvalue weighted by molar-refractivity contribution is -0.139. The fourth-order valence-electron chi connectivity index (χ4n) is 2.84. The average Bonchev–Trinajstić information content (AvgIpc) is 2.62. The van der Waals surface area contributed by atoms with Crippen LogP contribution in [0.1, 0.15) is 20.8 Å². The van der Waals surface area contributed by atoms with Crippen LogP contribution in [0.3, 0.4) is 0 Å². The number of aromatic nitrogens is 2. The van der Waals surface area contributed by atoms with Gasteiger partial charge in [-0.2, -0.15) is 0 Å². The number of piperazine rings is 1. The number of carbonyl (C=O) groups excluding carboxylic acids is 1. The van der Waals surface area contributed by atoms with Crippen LogP contribution in [0.15, 0.2) is 42.5 Å². The summed E-state index contributed by atoms with van der Waals surface area (Å²) in [4.78, 5) is 16.5. The summed E-state index contributed by atoms with van der Waals surface area (Å²) >= 11 is 0. The smallest absolute Gasteiger partial charge is 0.228 e. The zero-order valence-electron chi connectivity index (χ0n) is 15.1. The van der Waals surface area contributed by atoms with E-state index in [1.807, 2.05) is 68.1 Å². The van der Waals surface area contributed by atoms with Gasteiger partial charge in [-0.3, -0.25) is 4.79 Å². The second kappa shape index (κ2) is 7.09. The lowest BCUT2D eigenvalue weighted by atomic mass is 9.94. The Morgan fingerprint density at radius 2 is 1.64 bits per heavy atom. The Morgan fingerprint density at radius 3 is 2.20 bits per heavy atom. The van der Waals surface area contributed by atoms with Gasteiger partial charge in [0.1, 0.15) is 0 Å². The van der Waals surface area contributed by atoms with Crippen molar-refractivity contribution in [3.8, 4) is 0 Å². The first-order valence-corrected chi connectivity index (χ1v) is 8.63. The maximum Gasteiger partial charge on any atom is 0.228 e. The molecule has 1 aromatic carbocycles. The molecule has 1 aliphatic heterocycles. The average molecular weight is 339 g/mol. The van der Waals surface area contributed by atoms with Gasteiger partial charge in [0.05, 0.1) is 0 Å². The van der Waals surface area contributed by atoms with Crippen LogP contribution in [0.5, 0.6) is 0 Å². The summed E-state index contributed by atoms with van der Waals surface area (Å²) in [5, 5.41) is 11.8. The minimum atomic E-state index is -0.327. The highest BCUT2D eigenvalue weighted by Gasteiger charge is 2.29. The zero-order chi connectivity index (χ0) is 17.9. The van der Waals surface area contributed by atoms with Gasteiger partial charge in [-0.15, -0.1) is 10.2 Å². The molecular formula is C19H25N5O. The zero-order valence-corrected chi connectivity index (χ0v) is 15.1. The molecule has 1 aromatic heterocycles. The number of nitrogens with one attached hydrogen (secondary N) is 1. The number of nitrogens with zero attached hydrogens (tertiary/aromatic N) is 4. The lowest BCUT2D eigenvalue weighted by Gasteiger charge is -2.38. The van der Waals surface area contributed by atoms with Crippen molar-refractivity contribution < 1.29 is 4.79 Å². The van der Waals surface area contributed by atoms with Crippen LogP contribution in [-0.4, -0.2) is 47.2 Å². The number of amides is 1. The molecule has 25 heavy (non-hydrogen) atoms. The van der Waals surface area contributed by atoms with Crippen molar-refractivity contribution in [1.29, 1.82) is 0 Å². The molecule has 0 aliphatic carbocycles. The van der Waals surface area contributed by atoms with Crippen molar-refractivity contribution in [3.05, 3.63) is 42.5 Å². The second-order valence-corrected chi connectivity index (χ2v) is 7.30.